The van der Waals surface area contributed by atoms with Gasteiger partial charge in [-0.2, -0.15) is 0 Å². The van der Waals surface area contributed by atoms with Gasteiger partial charge in [0, 0.05) is 13.0 Å². The van der Waals surface area contributed by atoms with Crippen LogP contribution >= 0.6 is 0 Å². The molecule has 0 aromatic rings. The van der Waals surface area contributed by atoms with E-state index in [4.69, 9.17) is 0 Å². The molecule has 0 aliphatic heterocycles. The summed E-state index contributed by atoms with van der Waals surface area (Å²) in [5, 5.41) is 43.4. The third kappa shape index (κ3) is 1.89. The predicted molar refractivity (Wildman–Crippen MR) is 105 cm³/mol. The van der Waals surface area contributed by atoms with Crippen LogP contribution in [0.15, 0.2) is 0 Å². The van der Waals surface area contributed by atoms with E-state index >= 15 is 0 Å². The minimum Gasteiger partial charge on any atom is -0.396 e. The van der Waals surface area contributed by atoms with Gasteiger partial charge in [0.1, 0.15) is 0 Å². The van der Waals surface area contributed by atoms with Crippen LogP contribution in [0.4, 0.5) is 0 Å². The van der Waals surface area contributed by atoms with Crippen molar-refractivity contribution in [3.8, 4) is 0 Å². The van der Waals surface area contributed by atoms with E-state index in [2.05, 4.69) is 13.8 Å². The largest absolute Gasteiger partial charge is 0.396 e. The Morgan fingerprint density at radius 2 is 1.61 bits per heavy atom. The second kappa shape index (κ2) is 5.36. The first-order valence-electron chi connectivity index (χ1n) is 11.9. The van der Waals surface area contributed by atoms with Crippen molar-refractivity contribution >= 4 is 0 Å². The molecule has 5 unspecified atom stereocenters. The Kier molecular flexibility index (Phi) is 3.56. The molecule has 0 bridgehead atoms. The summed E-state index contributed by atoms with van der Waals surface area (Å²) in [6, 6.07) is 0. The maximum absolute atomic E-state index is 11.9. The predicted octanol–water partition coefficient (Wildman–Crippen LogP) is 2.72. The molecule has 6 aliphatic rings. The molecule has 0 saturated heterocycles. The number of hydrogen-bond donors (Lipinski definition) is 4. The zero-order valence-corrected chi connectivity index (χ0v) is 17.5. The minimum absolute atomic E-state index is 0.0238. The summed E-state index contributed by atoms with van der Waals surface area (Å²) in [7, 11) is 0. The van der Waals surface area contributed by atoms with E-state index < -0.39 is 11.2 Å². The Morgan fingerprint density at radius 1 is 0.893 bits per heavy atom. The summed E-state index contributed by atoms with van der Waals surface area (Å²) in [6.45, 7) is 4.87. The van der Waals surface area contributed by atoms with Gasteiger partial charge in [0.15, 0.2) is 0 Å². The Morgan fingerprint density at radius 3 is 2.36 bits per heavy atom. The number of aliphatic hydroxyl groups excluding tert-OH is 2. The van der Waals surface area contributed by atoms with Crippen LogP contribution < -0.4 is 0 Å². The Labute approximate surface area is 168 Å². The van der Waals surface area contributed by atoms with Gasteiger partial charge >= 0.3 is 0 Å². The maximum Gasteiger partial charge on any atom is 0.0759 e. The fourth-order valence-electron chi connectivity index (χ4n) is 10.1. The lowest BCUT2D eigenvalue weighted by atomic mass is 9.42. The highest BCUT2D eigenvalue weighted by Crippen LogP contribution is 2.82. The van der Waals surface area contributed by atoms with Gasteiger partial charge in [0.2, 0.25) is 0 Å². The lowest BCUT2D eigenvalue weighted by Crippen LogP contribution is -2.65. The second-order valence-corrected chi connectivity index (χ2v) is 12.2. The van der Waals surface area contributed by atoms with Gasteiger partial charge < -0.3 is 20.4 Å². The average Bonchev–Trinajstić information content (AvgIpc) is 3.54. The van der Waals surface area contributed by atoms with E-state index in [0.29, 0.717) is 54.3 Å². The van der Waals surface area contributed by atoms with Gasteiger partial charge in [0.05, 0.1) is 17.3 Å². The lowest BCUT2D eigenvalue weighted by molar-refractivity contribution is -0.237. The third-order valence-corrected chi connectivity index (χ3v) is 11.5. The molecule has 4 heteroatoms. The highest BCUT2D eigenvalue weighted by Gasteiger charge is 2.80. The fraction of sp³-hybridized carbons (Fsp3) is 1.00. The molecule has 6 saturated carbocycles. The summed E-state index contributed by atoms with van der Waals surface area (Å²) in [5.74, 6) is 3.82. The van der Waals surface area contributed by atoms with E-state index in [1.54, 1.807) is 0 Å². The molecule has 6 aliphatic carbocycles. The van der Waals surface area contributed by atoms with E-state index in [1.807, 2.05) is 0 Å². The van der Waals surface area contributed by atoms with Crippen molar-refractivity contribution in [2.24, 2.45) is 52.3 Å². The van der Waals surface area contributed by atoms with Crippen LogP contribution in [0.3, 0.4) is 0 Å². The monoisotopic (exact) mass is 390 g/mol. The summed E-state index contributed by atoms with van der Waals surface area (Å²) in [6.07, 6.45) is 7.91. The second-order valence-electron chi connectivity index (χ2n) is 12.2. The van der Waals surface area contributed by atoms with Crippen molar-refractivity contribution in [3.63, 3.8) is 0 Å². The summed E-state index contributed by atoms with van der Waals surface area (Å²) in [4.78, 5) is 0. The van der Waals surface area contributed by atoms with Crippen LogP contribution in [0.25, 0.3) is 0 Å². The lowest BCUT2D eigenvalue weighted by Gasteiger charge is -2.64. The Balaban J connectivity index is 1.38. The molecule has 12 atom stereocenters. The highest BCUT2D eigenvalue weighted by atomic mass is 16.3. The van der Waals surface area contributed by atoms with Crippen LogP contribution in [0.5, 0.6) is 0 Å². The van der Waals surface area contributed by atoms with Crippen molar-refractivity contribution in [1.29, 1.82) is 0 Å². The van der Waals surface area contributed by atoms with Crippen LogP contribution in [0, 0.1) is 52.3 Å². The standard InChI is InChI=1S/C24H38O4/c1-21-7-4-13(26)12-24(21,28)17-10-14(17)19-16(21)5-8-22(2)20(19)15-11-18(15)23(22,27)6-3-9-25/h13-20,25-28H,3-12H2,1-2H3/t13-,14-,15?,16-,17?,18?,19?,20?,21+,22-,23-,24+/m0/s1. The van der Waals surface area contributed by atoms with Crippen LogP contribution in [-0.4, -0.2) is 44.3 Å². The molecule has 0 heterocycles. The Bertz CT molecular complexity index is 696. The number of hydrogen-bond acceptors (Lipinski definition) is 4. The minimum atomic E-state index is -0.682. The molecule has 0 radical (unpaired) electrons. The van der Waals surface area contributed by atoms with Gasteiger partial charge in [-0.1, -0.05) is 13.8 Å². The van der Waals surface area contributed by atoms with Crippen LogP contribution in [0.1, 0.15) is 71.6 Å². The molecule has 28 heavy (non-hydrogen) atoms. The van der Waals surface area contributed by atoms with Gasteiger partial charge in [0.25, 0.3) is 0 Å². The van der Waals surface area contributed by atoms with Gasteiger partial charge in [-0.25, -0.2) is 0 Å². The van der Waals surface area contributed by atoms with E-state index in [-0.39, 0.29) is 23.5 Å². The SMILES string of the molecule is C[C@]12CC[C@H]3C(C1C1CC1[C@@]2(O)CCCO)[C@H]1CC1[C@]1(O)C[C@@H](O)CC[C@]31C. The zero-order chi connectivity index (χ0) is 19.7. The van der Waals surface area contributed by atoms with Gasteiger partial charge in [-0.3, -0.25) is 0 Å². The zero-order valence-electron chi connectivity index (χ0n) is 17.5. The molecule has 0 spiro atoms. The molecular weight excluding hydrogens is 352 g/mol. The molecule has 0 aromatic carbocycles. The normalized spacial score (nSPS) is 66.2. The first-order valence-corrected chi connectivity index (χ1v) is 11.9. The van der Waals surface area contributed by atoms with Crippen molar-refractivity contribution in [3.05, 3.63) is 0 Å². The van der Waals surface area contributed by atoms with E-state index in [0.717, 1.165) is 38.5 Å². The molecule has 6 rings (SSSR count). The maximum atomic E-state index is 11.9. The van der Waals surface area contributed by atoms with Crippen LogP contribution in [-0.2, 0) is 0 Å². The molecule has 0 aromatic heterocycles. The van der Waals surface area contributed by atoms with Crippen molar-refractivity contribution < 1.29 is 20.4 Å². The third-order valence-electron chi connectivity index (χ3n) is 11.5. The first kappa shape index (κ1) is 18.6. The smallest absolute Gasteiger partial charge is 0.0759 e. The molecule has 6 fully saturated rings. The molecule has 0 amide bonds. The van der Waals surface area contributed by atoms with E-state index in [9.17, 15) is 20.4 Å². The quantitative estimate of drug-likeness (QED) is 0.597. The van der Waals surface area contributed by atoms with Crippen molar-refractivity contribution in [2.45, 2.75) is 88.9 Å². The summed E-state index contributed by atoms with van der Waals surface area (Å²) < 4.78 is 0. The number of aliphatic hydroxyl groups is 4. The topological polar surface area (TPSA) is 80.9 Å². The Hall–Kier alpha value is -0.160. The first-order chi connectivity index (χ1) is 13.2. The average molecular weight is 391 g/mol. The highest BCUT2D eigenvalue weighted by molar-refractivity contribution is 5.29. The van der Waals surface area contributed by atoms with Gasteiger partial charge in [-0.15, -0.1) is 0 Å². The number of rotatable bonds is 3. The van der Waals surface area contributed by atoms with Crippen molar-refractivity contribution in [2.75, 3.05) is 6.61 Å². The van der Waals surface area contributed by atoms with Gasteiger partial charge in [-0.05, 0) is 104 Å². The molecule has 158 valence electrons. The van der Waals surface area contributed by atoms with Crippen LogP contribution in [0.2, 0.25) is 0 Å². The fourth-order valence-corrected chi connectivity index (χ4v) is 10.1. The van der Waals surface area contributed by atoms with Crippen molar-refractivity contribution in [1.82, 2.24) is 0 Å². The summed E-state index contributed by atoms with van der Waals surface area (Å²) >= 11 is 0. The molecule has 4 N–H and O–H groups in total. The molecule has 4 nitrogen and oxygen atoms in total. The summed E-state index contributed by atoms with van der Waals surface area (Å²) in [5.41, 5.74) is -1.38. The number of fused-ring (bicyclic) bond motifs is 10. The van der Waals surface area contributed by atoms with E-state index in [1.165, 1.54) is 6.42 Å². The molecular formula is C24H38O4.